The van der Waals surface area contributed by atoms with Crippen LogP contribution in [0.15, 0.2) is 36.4 Å². The molecule has 0 amide bonds. The summed E-state index contributed by atoms with van der Waals surface area (Å²) < 4.78 is 5.48. The third-order valence-corrected chi connectivity index (χ3v) is 4.01. The molecule has 3 heteroatoms. The van der Waals surface area contributed by atoms with Gasteiger partial charge in [0.05, 0.1) is 12.0 Å². The summed E-state index contributed by atoms with van der Waals surface area (Å²) in [5.41, 5.74) is 2.27. The van der Waals surface area contributed by atoms with Gasteiger partial charge in [0.1, 0.15) is 0 Å². The number of ether oxygens (including phenoxy) is 1. The molecule has 2 aromatic rings. The van der Waals surface area contributed by atoms with Crippen LogP contribution in [-0.2, 0) is 16.0 Å². The van der Waals surface area contributed by atoms with Crippen molar-refractivity contribution in [3.63, 3.8) is 0 Å². The second-order valence-electron chi connectivity index (χ2n) is 5.05. The zero-order valence-corrected chi connectivity index (χ0v) is 10.8. The summed E-state index contributed by atoms with van der Waals surface area (Å²) in [5.74, 6) is -1.09. The second kappa shape index (κ2) is 4.67. The largest absolute Gasteiger partial charge is 0.481 e. The molecule has 0 aromatic heterocycles. The molecule has 3 nitrogen and oxygen atoms in total. The summed E-state index contributed by atoms with van der Waals surface area (Å²) in [4.78, 5) is 11.3. The molecule has 1 aliphatic rings. The van der Waals surface area contributed by atoms with Crippen molar-refractivity contribution in [3.8, 4) is 0 Å². The number of carboxylic acids is 1. The van der Waals surface area contributed by atoms with Gasteiger partial charge in [-0.3, -0.25) is 4.79 Å². The van der Waals surface area contributed by atoms with Crippen molar-refractivity contribution in [2.45, 2.75) is 18.9 Å². The van der Waals surface area contributed by atoms with Crippen molar-refractivity contribution in [1.82, 2.24) is 0 Å². The van der Waals surface area contributed by atoms with E-state index in [-0.39, 0.29) is 12.0 Å². The second-order valence-corrected chi connectivity index (χ2v) is 5.05. The van der Waals surface area contributed by atoms with Gasteiger partial charge in [0.2, 0.25) is 0 Å². The number of fused-ring (bicyclic) bond motifs is 3. The summed E-state index contributed by atoms with van der Waals surface area (Å²) in [6.07, 6.45) is 1.03. The minimum atomic E-state index is -0.736. The van der Waals surface area contributed by atoms with E-state index in [2.05, 4.69) is 24.3 Å². The average Bonchev–Trinajstić information content (AvgIpc) is 2.45. The zero-order valence-electron chi connectivity index (χ0n) is 10.8. The first-order valence-electron chi connectivity index (χ1n) is 6.47. The Morgan fingerprint density at radius 3 is 2.79 bits per heavy atom. The highest BCUT2D eigenvalue weighted by Gasteiger charge is 2.31. The Kier molecular flexibility index (Phi) is 2.99. The van der Waals surface area contributed by atoms with E-state index in [0.29, 0.717) is 12.8 Å². The molecular formula is C16H16O3. The molecule has 2 aromatic carbocycles. The van der Waals surface area contributed by atoms with E-state index >= 15 is 0 Å². The molecular weight excluding hydrogens is 240 g/mol. The van der Waals surface area contributed by atoms with Crippen molar-refractivity contribution in [3.05, 3.63) is 47.5 Å². The SMILES string of the molecule is COC1CC(C(=O)O)Cc2c1ccc1ccccc21. The Hall–Kier alpha value is -1.87. The quantitative estimate of drug-likeness (QED) is 0.897. The number of hydrogen-bond donors (Lipinski definition) is 1. The van der Waals surface area contributed by atoms with E-state index < -0.39 is 5.97 Å². The van der Waals surface area contributed by atoms with E-state index in [0.717, 1.165) is 21.9 Å². The van der Waals surface area contributed by atoms with E-state index in [1.54, 1.807) is 7.11 Å². The first-order chi connectivity index (χ1) is 9.20. The number of hydrogen-bond acceptors (Lipinski definition) is 2. The van der Waals surface area contributed by atoms with Gasteiger partial charge in [-0.05, 0) is 34.7 Å². The third-order valence-electron chi connectivity index (χ3n) is 4.01. The molecule has 0 saturated heterocycles. The molecule has 0 bridgehead atoms. The number of rotatable bonds is 2. The van der Waals surface area contributed by atoms with Crippen LogP contribution >= 0.6 is 0 Å². The smallest absolute Gasteiger partial charge is 0.306 e. The fraction of sp³-hybridized carbons (Fsp3) is 0.312. The van der Waals surface area contributed by atoms with E-state index in [4.69, 9.17) is 4.74 Å². The molecule has 0 radical (unpaired) electrons. The highest BCUT2D eigenvalue weighted by Crippen LogP contribution is 2.38. The van der Waals surface area contributed by atoms with Gasteiger partial charge in [-0.15, -0.1) is 0 Å². The first kappa shape index (κ1) is 12.2. The Morgan fingerprint density at radius 1 is 1.26 bits per heavy atom. The van der Waals surface area contributed by atoms with E-state index in [1.807, 2.05) is 12.1 Å². The van der Waals surface area contributed by atoms with Gasteiger partial charge in [-0.1, -0.05) is 36.4 Å². The summed E-state index contributed by atoms with van der Waals surface area (Å²) in [6.45, 7) is 0. The van der Waals surface area contributed by atoms with Crippen LogP contribution in [0.2, 0.25) is 0 Å². The van der Waals surface area contributed by atoms with Crippen LogP contribution < -0.4 is 0 Å². The van der Waals surface area contributed by atoms with Crippen LogP contribution in [0, 0.1) is 5.92 Å². The maximum absolute atomic E-state index is 11.3. The van der Waals surface area contributed by atoms with Crippen LogP contribution in [0.3, 0.4) is 0 Å². The minimum Gasteiger partial charge on any atom is -0.481 e. The van der Waals surface area contributed by atoms with Gasteiger partial charge < -0.3 is 9.84 Å². The Bertz CT molecular complexity index is 633. The molecule has 2 atom stereocenters. The Balaban J connectivity index is 2.19. The summed E-state index contributed by atoms with van der Waals surface area (Å²) in [7, 11) is 1.65. The molecule has 19 heavy (non-hydrogen) atoms. The van der Waals surface area contributed by atoms with Crippen molar-refractivity contribution in [2.24, 2.45) is 5.92 Å². The minimum absolute atomic E-state index is 0.116. The molecule has 0 spiro atoms. The standard InChI is InChI=1S/C16H16O3/c1-19-15-9-11(16(17)18)8-14-12-5-3-2-4-10(12)6-7-13(14)15/h2-7,11,15H,8-9H2,1H3,(H,17,18). The lowest BCUT2D eigenvalue weighted by Crippen LogP contribution is -2.26. The van der Waals surface area contributed by atoms with Crippen molar-refractivity contribution < 1.29 is 14.6 Å². The number of carbonyl (C=O) groups is 1. The number of carboxylic acid groups (broad SMARTS) is 1. The van der Waals surface area contributed by atoms with Crippen LogP contribution in [0.1, 0.15) is 23.7 Å². The summed E-state index contributed by atoms with van der Waals surface area (Å²) >= 11 is 0. The zero-order chi connectivity index (χ0) is 13.4. The molecule has 0 saturated carbocycles. The maximum Gasteiger partial charge on any atom is 0.306 e. The van der Waals surface area contributed by atoms with Crippen LogP contribution in [0.25, 0.3) is 10.8 Å². The molecule has 3 rings (SSSR count). The first-order valence-corrected chi connectivity index (χ1v) is 6.47. The van der Waals surface area contributed by atoms with Gasteiger partial charge in [-0.25, -0.2) is 0 Å². The predicted octanol–water partition coefficient (Wildman–Crippen LogP) is 3.17. The lowest BCUT2D eigenvalue weighted by molar-refractivity contribution is -0.143. The van der Waals surface area contributed by atoms with E-state index in [9.17, 15) is 9.90 Å². The number of benzene rings is 2. The van der Waals surface area contributed by atoms with Crippen molar-refractivity contribution >= 4 is 16.7 Å². The molecule has 0 heterocycles. The van der Waals surface area contributed by atoms with Gasteiger partial charge in [0.15, 0.2) is 0 Å². The summed E-state index contributed by atoms with van der Waals surface area (Å²) in [6, 6.07) is 12.3. The lowest BCUT2D eigenvalue weighted by atomic mass is 9.80. The molecule has 0 aliphatic heterocycles. The van der Waals surface area contributed by atoms with E-state index in [1.165, 1.54) is 0 Å². The highest BCUT2D eigenvalue weighted by molar-refractivity contribution is 5.88. The Morgan fingerprint density at radius 2 is 2.05 bits per heavy atom. The number of methoxy groups -OCH3 is 1. The molecule has 98 valence electrons. The average molecular weight is 256 g/mol. The monoisotopic (exact) mass is 256 g/mol. The fourth-order valence-electron chi connectivity index (χ4n) is 3.01. The Labute approximate surface area is 111 Å². The van der Waals surface area contributed by atoms with Gasteiger partial charge in [0.25, 0.3) is 0 Å². The molecule has 1 N–H and O–H groups in total. The van der Waals surface area contributed by atoms with Crippen molar-refractivity contribution in [2.75, 3.05) is 7.11 Å². The summed E-state index contributed by atoms with van der Waals surface area (Å²) in [5, 5.41) is 11.6. The van der Waals surface area contributed by atoms with Gasteiger partial charge >= 0.3 is 5.97 Å². The van der Waals surface area contributed by atoms with Crippen LogP contribution in [0.4, 0.5) is 0 Å². The molecule has 1 aliphatic carbocycles. The fourth-order valence-corrected chi connectivity index (χ4v) is 3.01. The molecule has 2 unspecified atom stereocenters. The topological polar surface area (TPSA) is 46.5 Å². The van der Waals surface area contributed by atoms with Crippen LogP contribution in [-0.4, -0.2) is 18.2 Å². The predicted molar refractivity (Wildman–Crippen MR) is 73.1 cm³/mol. The maximum atomic E-state index is 11.3. The third kappa shape index (κ3) is 2.00. The lowest BCUT2D eigenvalue weighted by Gasteiger charge is -2.29. The number of aliphatic carboxylic acids is 1. The van der Waals surface area contributed by atoms with Gasteiger partial charge in [-0.2, -0.15) is 0 Å². The molecule has 0 fully saturated rings. The normalized spacial score (nSPS) is 22.2. The highest BCUT2D eigenvalue weighted by atomic mass is 16.5. The van der Waals surface area contributed by atoms with Gasteiger partial charge in [0, 0.05) is 7.11 Å². The van der Waals surface area contributed by atoms with Crippen molar-refractivity contribution in [1.29, 1.82) is 0 Å². The van der Waals surface area contributed by atoms with Crippen LogP contribution in [0.5, 0.6) is 0 Å².